The molecule has 5 nitrogen and oxygen atoms in total. The normalized spacial score (nSPS) is 11.5. The Morgan fingerprint density at radius 1 is 1.08 bits per heavy atom. The van der Waals surface area contributed by atoms with Crippen molar-refractivity contribution in [1.82, 2.24) is 0 Å². The summed E-state index contributed by atoms with van der Waals surface area (Å²) in [5.41, 5.74) is 2.23. The van der Waals surface area contributed by atoms with Gasteiger partial charge in [-0.05, 0) is 28.7 Å². The number of amides is 1. The lowest BCUT2D eigenvalue weighted by molar-refractivity contribution is -0.383. The molecule has 0 aliphatic rings. The molecule has 1 amide bonds. The second-order valence-electron chi connectivity index (χ2n) is 6.47. The van der Waals surface area contributed by atoms with E-state index < -0.39 is 10.8 Å². The third-order valence-corrected chi connectivity index (χ3v) is 3.56. The molecule has 0 aromatic heterocycles. The van der Waals surface area contributed by atoms with Crippen LogP contribution in [0.15, 0.2) is 54.6 Å². The van der Waals surface area contributed by atoms with E-state index in [2.05, 4.69) is 26.1 Å². The van der Waals surface area contributed by atoms with Gasteiger partial charge >= 0.3 is 0 Å². The quantitative estimate of drug-likeness (QED) is 0.509. The minimum absolute atomic E-state index is 0.0753. The van der Waals surface area contributed by atoms with Crippen LogP contribution in [0.5, 0.6) is 0 Å². The second kappa shape index (κ2) is 7.08. The first-order valence-electron chi connectivity index (χ1n) is 7.60. The van der Waals surface area contributed by atoms with Gasteiger partial charge in [0.1, 0.15) is 5.69 Å². The Bertz CT molecular complexity index is 772. The molecule has 2 aromatic rings. The molecule has 124 valence electrons. The fourth-order valence-electron chi connectivity index (χ4n) is 2.18. The fourth-order valence-corrected chi connectivity index (χ4v) is 2.18. The first kappa shape index (κ1) is 17.4. The number of hydrogen-bond donors (Lipinski definition) is 1. The number of nitrogens with one attached hydrogen (secondary N) is 1. The van der Waals surface area contributed by atoms with Gasteiger partial charge < -0.3 is 5.32 Å². The molecule has 0 radical (unpaired) electrons. The van der Waals surface area contributed by atoms with Crippen molar-refractivity contribution in [2.45, 2.75) is 26.2 Å². The number of carbonyl (C=O) groups excluding carboxylic acids is 1. The van der Waals surface area contributed by atoms with E-state index in [1.54, 1.807) is 18.2 Å². The average molecular weight is 324 g/mol. The number of nitro benzene ring substituents is 1. The molecule has 0 fully saturated rings. The first-order valence-corrected chi connectivity index (χ1v) is 7.60. The van der Waals surface area contributed by atoms with Gasteiger partial charge in [-0.15, -0.1) is 0 Å². The molecule has 0 saturated carbocycles. The number of anilines is 1. The maximum Gasteiger partial charge on any atom is 0.292 e. The van der Waals surface area contributed by atoms with Crippen LogP contribution in [0.1, 0.15) is 31.9 Å². The lowest BCUT2D eigenvalue weighted by Crippen LogP contribution is -2.10. The summed E-state index contributed by atoms with van der Waals surface area (Å²) in [6, 6.07) is 14.0. The number of para-hydroxylation sites is 2. The molecule has 0 spiro atoms. The zero-order valence-electron chi connectivity index (χ0n) is 13.9. The molecule has 0 aliphatic carbocycles. The van der Waals surface area contributed by atoms with Gasteiger partial charge in [0.2, 0.25) is 5.91 Å². The Balaban J connectivity index is 2.07. The van der Waals surface area contributed by atoms with Crippen LogP contribution in [0.4, 0.5) is 11.4 Å². The first-order chi connectivity index (χ1) is 11.3. The SMILES string of the molecule is CC(C)(C)c1ccc(/C=C/C(=O)Nc2ccccc2[N+](=O)[O-])cc1. The van der Waals surface area contributed by atoms with Crippen molar-refractivity contribution in [3.63, 3.8) is 0 Å². The molecule has 0 bridgehead atoms. The molecular weight excluding hydrogens is 304 g/mol. The third kappa shape index (κ3) is 4.52. The van der Waals surface area contributed by atoms with E-state index in [4.69, 9.17) is 0 Å². The summed E-state index contributed by atoms with van der Waals surface area (Å²) < 4.78 is 0. The molecule has 0 saturated heterocycles. The monoisotopic (exact) mass is 324 g/mol. The van der Waals surface area contributed by atoms with Gasteiger partial charge in [0, 0.05) is 12.1 Å². The van der Waals surface area contributed by atoms with Gasteiger partial charge in [-0.2, -0.15) is 0 Å². The predicted octanol–water partition coefficient (Wildman–Crippen LogP) is 4.54. The highest BCUT2D eigenvalue weighted by atomic mass is 16.6. The molecule has 2 aromatic carbocycles. The maximum absolute atomic E-state index is 12.0. The summed E-state index contributed by atoms with van der Waals surface area (Å²) in [7, 11) is 0. The smallest absolute Gasteiger partial charge is 0.292 e. The van der Waals surface area contributed by atoms with Crippen molar-refractivity contribution >= 4 is 23.4 Å². The lowest BCUT2D eigenvalue weighted by Gasteiger charge is -2.18. The zero-order valence-corrected chi connectivity index (χ0v) is 13.9. The van der Waals surface area contributed by atoms with Crippen LogP contribution in [0.2, 0.25) is 0 Å². The fraction of sp³-hybridized carbons (Fsp3) is 0.211. The van der Waals surface area contributed by atoms with E-state index >= 15 is 0 Å². The topological polar surface area (TPSA) is 72.2 Å². The molecule has 0 heterocycles. The summed E-state index contributed by atoms with van der Waals surface area (Å²) in [6.45, 7) is 6.41. The molecule has 5 heteroatoms. The Labute approximate surface area is 141 Å². The number of benzene rings is 2. The van der Waals surface area contributed by atoms with Crippen LogP contribution in [-0.2, 0) is 10.2 Å². The third-order valence-electron chi connectivity index (χ3n) is 3.56. The highest BCUT2D eigenvalue weighted by Crippen LogP contribution is 2.24. The molecule has 0 aliphatic heterocycles. The maximum atomic E-state index is 12.0. The Hall–Kier alpha value is -2.95. The van der Waals surface area contributed by atoms with Crippen LogP contribution < -0.4 is 5.32 Å². The highest BCUT2D eigenvalue weighted by Gasteiger charge is 2.14. The van der Waals surface area contributed by atoms with E-state index in [0.29, 0.717) is 0 Å². The molecule has 2 rings (SSSR count). The Morgan fingerprint density at radius 2 is 1.71 bits per heavy atom. The van der Waals surface area contributed by atoms with E-state index in [9.17, 15) is 14.9 Å². The van der Waals surface area contributed by atoms with Gasteiger partial charge in [-0.3, -0.25) is 14.9 Å². The van der Waals surface area contributed by atoms with Crippen LogP contribution in [0, 0.1) is 10.1 Å². The molecule has 0 unspecified atom stereocenters. The van der Waals surface area contributed by atoms with E-state index in [-0.39, 0.29) is 16.8 Å². The number of hydrogen-bond acceptors (Lipinski definition) is 3. The molecular formula is C19H20N2O3. The number of carbonyl (C=O) groups is 1. The van der Waals surface area contributed by atoms with Gasteiger partial charge in [0.05, 0.1) is 4.92 Å². The van der Waals surface area contributed by atoms with Crippen LogP contribution >= 0.6 is 0 Å². The molecule has 1 N–H and O–H groups in total. The highest BCUT2D eigenvalue weighted by molar-refractivity contribution is 6.03. The second-order valence-corrected chi connectivity index (χ2v) is 6.47. The summed E-state index contributed by atoms with van der Waals surface area (Å²) in [4.78, 5) is 22.4. The molecule has 24 heavy (non-hydrogen) atoms. The van der Waals surface area contributed by atoms with Crippen molar-refractivity contribution in [1.29, 1.82) is 0 Å². The van der Waals surface area contributed by atoms with Gasteiger partial charge in [-0.25, -0.2) is 0 Å². The Morgan fingerprint density at radius 3 is 2.29 bits per heavy atom. The van der Waals surface area contributed by atoms with Gasteiger partial charge in [0.15, 0.2) is 0 Å². The van der Waals surface area contributed by atoms with Crippen LogP contribution in [0.25, 0.3) is 6.08 Å². The van der Waals surface area contributed by atoms with Crippen molar-refractivity contribution in [2.24, 2.45) is 0 Å². The van der Waals surface area contributed by atoms with Gasteiger partial charge in [-0.1, -0.05) is 57.2 Å². The predicted molar refractivity (Wildman–Crippen MR) is 95.9 cm³/mol. The van der Waals surface area contributed by atoms with Crippen molar-refractivity contribution < 1.29 is 9.72 Å². The summed E-state index contributed by atoms with van der Waals surface area (Å²) in [5.74, 6) is -0.413. The minimum Gasteiger partial charge on any atom is -0.317 e. The Kier molecular flexibility index (Phi) is 5.14. The summed E-state index contributed by atoms with van der Waals surface area (Å²) in [5, 5.41) is 13.5. The van der Waals surface area contributed by atoms with E-state index in [0.717, 1.165) is 5.56 Å². The van der Waals surface area contributed by atoms with Crippen LogP contribution in [0.3, 0.4) is 0 Å². The number of rotatable bonds is 4. The number of nitro groups is 1. The van der Waals surface area contributed by atoms with Crippen molar-refractivity contribution in [3.05, 3.63) is 75.8 Å². The minimum atomic E-state index is -0.523. The van der Waals surface area contributed by atoms with Crippen molar-refractivity contribution in [2.75, 3.05) is 5.32 Å². The lowest BCUT2D eigenvalue weighted by atomic mass is 9.87. The average Bonchev–Trinajstić information content (AvgIpc) is 2.53. The molecule has 0 atom stereocenters. The van der Waals surface area contributed by atoms with Crippen molar-refractivity contribution in [3.8, 4) is 0 Å². The van der Waals surface area contributed by atoms with Crippen LogP contribution in [-0.4, -0.2) is 10.8 Å². The van der Waals surface area contributed by atoms with E-state index in [1.165, 1.54) is 23.8 Å². The standard InChI is InChI=1S/C19H20N2O3/c1-19(2,3)15-11-8-14(9-12-15)10-13-18(22)20-16-6-4-5-7-17(16)21(23)24/h4-13H,1-3H3,(H,20,22)/b13-10+. The number of nitrogens with zero attached hydrogens (tertiary/aromatic N) is 1. The summed E-state index contributed by atoms with van der Waals surface area (Å²) >= 11 is 0. The zero-order chi connectivity index (χ0) is 17.7. The van der Waals surface area contributed by atoms with E-state index in [1.807, 2.05) is 24.3 Å². The largest absolute Gasteiger partial charge is 0.317 e. The van der Waals surface area contributed by atoms with Gasteiger partial charge in [0.25, 0.3) is 5.69 Å². The summed E-state index contributed by atoms with van der Waals surface area (Å²) in [6.07, 6.45) is 3.04.